The number of hydrogen-bond donors (Lipinski definition) is 0. The predicted octanol–water partition coefficient (Wildman–Crippen LogP) is 6.07. The summed E-state index contributed by atoms with van der Waals surface area (Å²) in [5.74, 6) is 1.08. The number of nitrogens with zero attached hydrogens (tertiary/aromatic N) is 3. The van der Waals surface area contributed by atoms with E-state index in [0.29, 0.717) is 4.32 Å². The van der Waals surface area contributed by atoms with Crippen molar-refractivity contribution in [1.29, 1.82) is 0 Å². The summed E-state index contributed by atoms with van der Waals surface area (Å²) in [6.07, 6.45) is 11.5. The molecule has 3 fully saturated rings. The summed E-state index contributed by atoms with van der Waals surface area (Å²) in [5.41, 5.74) is 3.26. The Balaban J connectivity index is 1.54. The van der Waals surface area contributed by atoms with Gasteiger partial charge in [0, 0.05) is 30.1 Å². The Morgan fingerprint density at radius 3 is 2.58 bits per heavy atom. The lowest BCUT2D eigenvalue weighted by Gasteiger charge is -2.30. The van der Waals surface area contributed by atoms with Crippen molar-refractivity contribution in [3.63, 3.8) is 0 Å². The van der Waals surface area contributed by atoms with Crippen LogP contribution in [0.5, 0.6) is 0 Å². The topological polar surface area (TPSA) is 36.4 Å². The number of aryl methyl sites for hydroxylation is 1. The summed E-state index contributed by atoms with van der Waals surface area (Å²) >= 11 is 7.10. The van der Waals surface area contributed by atoms with Crippen LogP contribution in [0.1, 0.15) is 62.5 Å². The van der Waals surface area contributed by atoms with E-state index in [1.54, 1.807) is 0 Å². The molecule has 2 aliphatic heterocycles. The number of aromatic nitrogens is 1. The molecule has 3 heterocycles. The quantitative estimate of drug-likeness (QED) is 0.418. The van der Waals surface area contributed by atoms with E-state index in [9.17, 15) is 4.79 Å². The van der Waals surface area contributed by atoms with Gasteiger partial charge in [0.05, 0.1) is 10.4 Å². The van der Waals surface area contributed by atoms with Crippen molar-refractivity contribution in [1.82, 2.24) is 9.88 Å². The first-order chi connectivity index (χ1) is 15.1. The molecule has 2 aromatic rings. The Hall–Kier alpha value is -1.92. The van der Waals surface area contributed by atoms with Gasteiger partial charge in [-0.25, -0.2) is 4.98 Å². The van der Waals surface area contributed by atoms with Gasteiger partial charge in [0.2, 0.25) is 0 Å². The van der Waals surface area contributed by atoms with Gasteiger partial charge in [-0.05, 0) is 63.3 Å². The van der Waals surface area contributed by atoms with E-state index in [1.165, 1.54) is 55.9 Å². The zero-order valence-electron chi connectivity index (χ0n) is 18.1. The number of thioether (sulfide) groups is 1. The van der Waals surface area contributed by atoms with Crippen molar-refractivity contribution in [2.24, 2.45) is 0 Å². The minimum atomic E-state index is 0.0795. The van der Waals surface area contributed by atoms with Gasteiger partial charge in [-0.3, -0.25) is 9.69 Å². The van der Waals surface area contributed by atoms with E-state index < -0.39 is 0 Å². The second-order valence-corrected chi connectivity index (χ2v) is 10.7. The SMILES string of the molecule is Cc1ccc2nc(N3CCCCC3)c(/C=C3\SC(=S)N(C4CCCCC4)C3=O)cc2c1. The van der Waals surface area contributed by atoms with E-state index in [4.69, 9.17) is 17.2 Å². The standard InChI is InChI=1S/C25H29N3OS2/c1-17-10-11-21-18(14-17)15-19(23(26-21)27-12-6-3-7-13-27)16-22-24(29)28(25(30)31-22)20-8-4-2-5-9-20/h10-11,14-16,20H,2-9,12-13H2,1H3/b22-16-. The van der Waals surface area contributed by atoms with E-state index in [0.717, 1.165) is 53.1 Å². The number of carbonyl (C=O) groups excluding carboxylic acids is 1. The maximum Gasteiger partial charge on any atom is 0.266 e. The van der Waals surface area contributed by atoms with Crippen LogP contribution in [0.3, 0.4) is 0 Å². The third-order valence-electron chi connectivity index (χ3n) is 6.68. The number of piperidine rings is 1. The molecule has 1 aromatic carbocycles. The van der Waals surface area contributed by atoms with Crippen molar-refractivity contribution < 1.29 is 4.79 Å². The fraction of sp³-hybridized carbons (Fsp3) is 0.480. The smallest absolute Gasteiger partial charge is 0.266 e. The highest BCUT2D eigenvalue weighted by molar-refractivity contribution is 8.26. The maximum absolute atomic E-state index is 13.3. The Labute approximate surface area is 194 Å². The summed E-state index contributed by atoms with van der Waals surface area (Å²) < 4.78 is 0.715. The first-order valence-electron chi connectivity index (χ1n) is 11.5. The van der Waals surface area contributed by atoms with Crippen molar-refractivity contribution in [2.75, 3.05) is 18.0 Å². The average molecular weight is 452 g/mol. The number of rotatable bonds is 3. The van der Waals surface area contributed by atoms with Crippen LogP contribution in [0.4, 0.5) is 5.82 Å². The molecule has 4 nitrogen and oxygen atoms in total. The van der Waals surface area contributed by atoms with Crippen LogP contribution in [-0.4, -0.2) is 39.2 Å². The molecule has 0 N–H and O–H groups in total. The molecule has 3 aliphatic rings. The second-order valence-electron chi connectivity index (χ2n) is 8.99. The fourth-order valence-electron chi connectivity index (χ4n) is 5.04. The summed E-state index contributed by atoms with van der Waals surface area (Å²) in [6.45, 7) is 4.15. The molecule has 0 spiro atoms. The molecular weight excluding hydrogens is 422 g/mol. The molecular formula is C25H29N3OS2. The highest BCUT2D eigenvalue weighted by Crippen LogP contribution is 2.39. The second kappa shape index (κ2) is 8.91. The number of amides is 1. The highest BCUT2D eigenvalue weighted by Gasteiger charge is 2.37. The normalized spacial score (nSPS) is 22.2. The van der Waals surface area contributed by atoms with Crippen LogP contribution in [0, 0.1) is 6.92 Å². The first kappa shape index (κ1) is 21.0. The largest absolute Gasteiger partial charge is 0.356 e. The number of carbonyl (C=O) groups is 1. The monoisotopic (exact) mass is 451 g/mol. The number of hydrogen-bond acceptors (Lipinski definition) is 5. The van der Waals surface area contributed by atoms with E-state index >= 15 is 0 Å². The molecule has 5 rings (SSSR count). The molecule has 1 aliphatic carbocycles. The van der Waals surface area contributed by atoms with Crippen molar-refractivity contribution >= 4 is 57.0 Å². The maximum atomic E-state index is 13.3. The van der Waals surface area contributed by atoms with Crippen molar-refractivity contribution in [2.45, 2.75) is 64.3 Å². The Morgan fingerprint density at radius 2 is 1.81 bits per heavy atom. The molecule has 0 unspecified atom stereocenters. The van der Waals surface area contributed by atoms with Gasteiger partial charge in [0.1, 0.15) is 10.1 Å². The van der Waals surface area contributed by atoms with Crippen LogP contribution in [-0.2, 0) is 4.79 Å². The molecule has 1 amide bonds. The summed E-state index contributed by atoms with van der Waals surface area (Å²) in [4.78, 5) is 23.4. The third kappa shape index (κ3) is 4.24. The lowest BCUT2D eigenvalue weighted by Crippen LogP contribution is -2.39. The van der Waals surface area contributed by atoms with Gasteiger partial charge in [0.25, 0.3) is 5.91 Å². The molecule has 31 heavy (non-hydrogen) atoms. The lowest BCUT2D eigenvalue weighted by atomic mass is 9.94. The first-order valence-corrected chi connectivity index (χ1v) is 12.8. The van der Waals surface area contributed by atoms with Crippen molar-refractivity contribution in [3.8, 4) is 0 Å². The van der Waals surface area contributed by atoms with Gasteiger partial charge < -0.3 is 4.90 Å². The predicted molar refractivity (Wildman–Crippen MR) is 134 cm³/mol. The number of benzene rings is 1. The van der Waals surface area contributed by atoms with Gasteiger partial charge in [-0.2, -0.15) is 0 Å². The number of fused-ring (bicyclic) bond motifs is 1. The van der Waals surface area contributed by atoms with E-state index in [1.807, 2.05) is 11.0 Å². The summed E-state index contributed by atoms with van der Waals surface area (Å²) in [6, 6.07) is 8.86. The Morgan fingerprint density at radius 1 is 1.06 bits per heavy atom. The zero-order chi connectivity index (χ0) is 21.4. The molecule has 0 radical (unpaired) electrons. The molecule has 1 aromatic heterocycles. The van der Waals surface area contributed by atoms with Crippen LogP contribution in [0.15, 0.2) is 29.2 Å². The summed E-state index contributed by atoms with van der Waals surface area (Å²) in [7, 11) is 0. The number of anilines is 1. The highest BCUT2D eigenvalue weighted by atomic mass is 32.2. The van der Waals surface area contributed by atoms with Gasteiger partial charge in [0.15, 0.2) is 0 Å². The van der Waals surface area contributed by atoms with Crippen LogP contribution < -0.4 is 4.90 Å². The number of pyridine rings is 1. The Kier molecular flexibility index (Phi) is 6.02. The molecule has 2 saturated heterocycles. The third-order valence-corrected chi connectivity index (χ3v) is 8.01. The van der Waals surface area contributed by atoms with Gasteiger partial charge >= 0.3 is 0 Å². The van der Waals surface area contributed by atoms with Gasteiger partial charge in [-0.15, -0.1) is 0 Å². The van der Waals surface area contributed by atoms with Crippen LogP contribution >= 0.6 is 24.0 Å². The molecule has 1 saturated carbocycles. The lowest BCUT2D eigenvalue weighted by molar-refractivity contribution is -0.124. The van der Waals surface area contributed by atoms with Crippen LogP contribution in [0.25, 0.3) is 17.0 Å². The molecule has 0 atom stereocenters. The van der Waals surface area contributed by atoms with E-state index in [-0.39, 0.29) is 11.9 Å². The van der Waals surface area contributed by atoms with Crippen LogP contribution in [0.2, 0.25) is 0 Å². The molecule has 162 valence electrons. The minimum absolute atomic E-state index is 0.0795. The van der Waals surface area contributed by atoms with Gasteiger partial charge in [-0.1, -0.05) is 54.9 Å². The average Bonchev–Trinajstić information content (AvgIpc) is 3.07. The summed E-state index contributed by atoms with van der Waals surface area (Å²) in [5, 5.41) is 1.12. The number of thiocarbonyl (C=S) groups is 1. The zero-order valence-corrected chi connectivity index (χ0v) is 19.7. The fourth-order valence-corrected chi connectivity index (χ4v) is 6.43. The Bertz CT molecular complexity index is 1050. The minimum Gasteiger partial charge on any atom is -0.356 e. The molecule has 0 bridgehead atoms. The molecule has 6 heteroatoms. The van der Waals surface area contributed by atoms with Crippen molar-refractivity contribution in [3.05, 3.63) is 40.3 Å². The van der Waals surface area contributed by atoms with E-state index in [2.05, 4.69) is 36.1 Å².